The molecule has 1 aromatic rings. The van der Waals surface area contributed by atoms with Crippen LogP contribution >= 0.6 is 11.6 Å². The maximum Gasteiger partial charge on any atom is 0.248 e. The van der Waals surface area contributed by atoms with Gasteiger partial charge in [-0.1, -0.05) is 31.5 Å². The van der Waals surface area contributed by atoms with Crippen molar-refractivity contribution in [2.75, 3.05) is 0 Å². The molecule has 0 saturated heterocycles. The molecule has 0 saturated carbocycles. The lowest BCUT2D eigenvalue weighted by Gasteiger charge is -2.28. The summed E-state index contributed by atoms with van der Waals surface area (Å²) in [6, 6.07) is 5.18. The molecule has 1 amide bonds. The fraction of sp³-hybridized carbons (Fsp3) is 0.500. The third-order valence-electron chi connectivity index (χ3n) is 3.60. The van der Waals surface area contributed by atoms with E-state index in [1.165, 1.54) is 0 Å². The van der Waals surface area contributed by atoms with Gasteiger partial charge in [-0.3, -0.25) is 4.79 Å². The van der Waals surface area contributed by atoms with Gasteiger partial charge in [0.2, 0.25) is 5.91 Å². The van der Waals surface area contributed by atoms with Crippen molar-refractivity contribution in [3.63, 3.8) is 0 Å². The van der Waals surface area contributed by atoms with Gasteiger partial charge in [0.05, 0.1) is 0 Å². The summed E-state index contributed by atoms with van der Waals surface area (Å²) in [7, 11) is 0. The van der Waals surface area contributed by atoms with Gasteiger partial charge in [0.25, 0.3) is 0 Å². The molecule has 0 aliphatic carbocycles. The number of hydrogen-bond donors (Lipinski definition) is 2. The van der Waals surface area contributed by atoms with E-state index < -0.39 is 5.91 Å². The van der Waals surface area contributed by atoms with Gasteiger partial charge in [-0.05, 0) is 37.5 Å². The Morgan fingerprint density at radius 2 is 2.00 bits per heavy atom. The standard InChI is InChI=1S/C14H21ClN2O/c1-4-14(3,5-2)17-9-11-7-6-10(13(16)18)8-12(11)15/h6-8,17H,4-5,9H2,1-3H3,(H2,16,18). The van der Waals surface area contributed by atoms with E-state index in [1.807, 2.05) is 6.07 Å². The summed E-state index contributed by atoms with van der Waals surface area (Å²) >= 11 is 6.14. The second kappa shape index (κ2) is 6.21. The SMILES string of the molecule is CCC(C)(CC)NCc1ccc(C(N)=O)cc1Cl. The molecule has 0 heterocycles. The molecule has 100 valence electrons. The summed E-state index contributed by atoms with van der Waals surface area (Å²) in [6.07, 6.45) is 2.11. The molecule has 0 atom stereocenters. The van der Waals surface area contributed by atoms with Gasteiger partial charge in [-0.2, -0.15) is 0 Å². The molecule has 1 aromatic carbocycles. The Morgan fingerprint density at radius 3 is 2.44 bits per heavy atom. The third-order valence-corrected chi connectivity index (χ3v) is 3.96. The summed E-state index contributed by atoms with van der Waals surface area (Å²) in [5.74, 6) is -0.455. The van der Waals surface area contributed by atoms with Crippen LogP contribution in [0.2, 0.25) is 5.02 Å². The van der Waals surface area contributed by atoms with Crippen LogP contribution in [0.25, 0.3) is 0 Å². The van der Waals surface area contributed by atoms with E-state index in [-0.39, 0.29) is 5.54 Å². The van der Waals surface area contributed by atoms with E-state index >= 15 is 0 Å². The number of primary amides is 1. The zero-order valence-electron chi connectivity index (χ0n) is 11.2. The Kier molecular flexibility index (Phi) is 5.17. The van der Waals surface area contributed by atoms with Crippen LogP contribution in [0.4, 0.5) is 0 Å². The molecule has 4 heteroatoms. The van der Waals surface area contributed by atoms with Gasteiger partial charge in [-0.15, -0.1) is 0 Å². The largest absolute Gasteiger partial charge is 0.366 e. The summed E-state index contributed by atoms with van der Waals surface area (Å²) in [6.45, 7) is 7.21. The minimum absolute atomic E-state index is 0.117. The quantitative estimate of drug-likeness (QED) is 0.833. The number of carbonyl (C=O) groups is 1. The first kappa shape index (κ1) is 15.0. The number of halogens is 1. The molecular formula is C14H21ClN2O. The molecule has 18 heavy (non-hydrogen) atoms. The molecule has 3 nitrogen and oxygen atoms in total. The van der Waals surface area contributed by atoms with Crippen LogP contribution in [0.5, 0.6) is 0 Å². The smallest absolute Gasteiger partial charge is 0.248 e. The Bertz CT molecular complexity index is 428. The number of benzene rings is 1. The van der Waals surface area contributed by atoms with E-state index in [2.05, 4.69) is 26.1 Å². The lowest BCUT2D eigenvalue weighted by molar-refractivity contribution is 0.100. The average Bonchev–Trinajstić information content (AvgIpc) is 2.36. The van der Waals surface area contributed by atoms with Crippen LogP contribution in [-0.2, 0) is 6.54 Å². The molecule has 0 radical (unpaired) electrons. The molecule has 0 aromatic heterocycles. The van der Waals surface area contributed by atoms with E-state index in [0.717, 1.165) is 18.4 Å². The molecule has 0 bridgehead atoms. The predicted molar refractivity (Wildman–Crippen MR) is 75.8 cm³/mol. The van der Waals surface area contributed by atoms with Crippen LogP contribution in [0.1, 0.15) is 49.5 Å². The van der Waals surface area contributed by atoms with Crippen molar-refractivity contribution < 1.29 is 4.79 Å². The molecule has 3 N–H and O–H groups in total. The van der Waals surface area contributed by atoms with Crippen molar-refractivity contribution in [3.8, 4) is 0 Å². The zero-order chi connectivity index (χ0) is 13.8. The summed E-state index contributed by atoms with van der Waals surface area (Å²) in [5, 5.41) is 4.08. The third kappa shape index (κ3) is 3.72. The highest BCUT2D eigenvalue weighted by Gasteiger charge is 2.18. The molecule has 0 unspecified atom stereocenters. The number of rotatable bonds is 6. The van der Waals surface area contributed by atoms with Crippen LogP contribution < -0.4 is 11.1 Å². The second-order valence-electron chi connectivity index (χ2n) is 4.79. The van der Waals surface area contributed by atoms with E-state index in [4.69, 9.17) is 17.3 Å². The fourth-order valence-corrected chi connectivity index (χ4v) is 1.90. The van der Waals surface area contributed by atoms with Gasteiger partial charge in [-0.25, -0.2) is 0 Å². The number of hydrogen-bond acceptors (Lipinski definition) is 2. The van der Waals surface area contributed by atoms with E-state index in [0.29, 0.717) is 17.1 Å². The topological polar surface area (TPSA) is 55.1 Å². The minimum atomic E-state index is -0.455. The average molecular weight is 269 g/mol. The van der Waals surface area contributed by atoms with Crippen molar-refractivity contribution in [1.82, 2.24) is 5.32 Å². The molecule has 0 aliphatic heterocycles. The van der Waals surface area contributed by atoms with Crippen LogP contribution in [0, 0.1) is 0 Å². The van der Waals surface area contributed by atoms with Crippen LogP contribution in [0.3, 0.4) is 0 Å². The second-order valence-corrected chi connectivity index (χ2v) is 5.20. The zero-order valence-corrected chi connectivity index (χ0v) is 12.0. The monoisotopic (exact) mass is 268 g/mol. The Balaban J connectivity index is 2.77. The maximum atomic E-state index is 11.0. The first-order chi connectivity index (χ1) is 8.41. The lowest BCUT2D eigenvalue weighted by atomic mass is 9.95. The fourth-order valence-electron chi connectivity index (χ4n) is 1.65. The normalized spacial score (nSPS) is 11.6. The van der Waals surface area contributed by atoms with Crippen molar-refractivity contribution in [2.45, 2.75) is 45.7 Å². The Hall–Kier alpha value is -1.06. The van der Waals surface area contributed by atoms with Gasteiger partial charge >= 0.3 is 0 Å². The van der Waals surface area contributed by atoms with Gasteiger partial charge in [0.15, 0.2) is 0 Å². The number of carbonyl (C=O) groups excluding carboxylic acids is 1. The summed E-state index contributed by atoms with van der Waals surface area (Å²) in [4.78, 5) is 11.0. The summed E-state index contributed by atoms with van der Waals surface area (Å²) < 4.78 is 0. The van der Waals surface area contributed by atoms with Gasteiger partial charge in [0.1, 0.15) is 0 Å². The van der Waals surface area contributed by atoms with Crippen molar-refractivity contribution in [2.24, 2.45) is 5.73 Å². The molecular weight excluding hydrogens is 248 g/mol. The van der Waals surface area contributed by atoms with E-state index in [9.17, 15) is 4.79 Å². The first-order valence-electron chi connectivity index (χ1n) is 6.25. The number of amides is 1. The van der Waals surface area contributed by atoms with Crippen molar-refractivity contribution in [1.29, 1.82) is 0 Å². The Labute approximate surface area is 114 Å². The van der Waals surface area contributed by atoms with Crippen LogP contribution in [-0.4, -0.2) is 11.4 Å². The number of nitrogens with one attached hydrogen (secondary N) is 1. The molecule has 0 fully saturated rings. The Morgan fingerprint density at radius 1 is 1.39 bits per heavy atom. The van der Waals surface area contributed by atoms with Crippen molar-refractivity contribution in [3.05, 3.63) is 34.3 Å². The molecule has 0 aliphatic rings. The summed E-state index contributed by atoms with van der Waals surface area (Å²) in [5.41, 5.74) is 6.75. The van der Waals surface area contributed by atoms with Crippen molar-refractivity contribution >= 4 is 17.5 Å². The molecule has 1 rings (SSSR count). The highest BCUT2D eigenvalue weighted by atomic mass is 35.5. The molecule has 0 spiro atoms. The highest BCUT2D eigenvalue weighted by molar-refractivity contribution is 6.31. The van der Waals surface area contributed by atoms with Crippen LogP contribution in [0.15, 0.2) is 18.2 Å². The van der Waals surface area contributed by atoms with Gasteiger partial charge in [0, 0.05) is 22.7 Å². The highest BCUT2D eigenvalue weighted by Crippen LogP contribution is 2.20. The predicted octanol–water partition coefficient (Wildman–Crippen LogP) is 3.11. The maximum absolute atomic E-state index is 11.0. The number of nitrogens with two attached hydrogens (primary N) is 1. The first-order valence-corrected chi connectivity index (χ1v) is 6.63. The lowest BCUT2D eigenvalue weighted by Crippen LogP contribution is -2.40. The minimum Gasteiger partial charge on any atom is -0.366 e. The van der Waals surface area contributed by atoms with Gasteiger partial charge < -0.3 is 11.1 Å². The van der Waals surface area contributed by atoms with E-state index in [1.54, 1.807) is 12.1 Å².